The second kappa shape index (κ2) is 14.6. The molecule has 12 nitrogen and oxygen atoms in total. The number of aromatic nitrogens is 2. The van der Waals surface area contributed by atoms with Gasteiger partial charge in [0.1, 0.15) is 11.7 Å². The Bertz CT molecular complexity index is 1680. The van der Waals surface area contributed by atoms with Gasteiger partial charge in [-0.05, 0) is 59.8 Å². The highest BCUT2D eigenvalue weighted by Crippen LogP contribution is 2.33. The molecule has 5 N–H and O–H groups in total. The zero-order valence-electron chi connectivity index (χ0n) is 29.5. The van der Waals surface area contributed by atoms with Gasteiger partial charge in [0.15, 0.2) is 6.79 Å². The minimum Gasteiger partial charge on any atom is -0.363 e. The second-order valence-corrected chi connectivity index (χ2v) is 14.6. The molecule has 0 aliphatic carbocycles. The Morgan fingerprint density at radius 3 is 2.10 bits per heavy atom. The zero-order chi connectivity index (χ0) is 34.9. The van der Waals surface area contributed by atoms with E-state index in [0.29, 0.717) is 13.1 Å². The number of ether oxygens (including phenoxy) is 2. The van der Waals surface area contributed by atoms with Gasteiger partial charge in [-0.25, -0.2) is 4.98 Å². The summed E-state index contributed by atoms with van der Waals surface area (Å²) in [5.74, 6) is 1.96. The van der Waals surface area contributed by atoms with Crippen LogP contribution in [0.5, 0.6) is 0 Å². The third-order valence-corrected chi connectivity index (χ3v) is 10.6. The number of benzene rings is 2. The average Bonchev–Trinajstić information content (AvgIpc) is 3.93. The number of likely N-dealkylation sites (tertiary alicyclic amines) is 2. The van der Waals surface area contributed by atoms with E-state index in [9.17, 15) is 9.59 Å². The number of hydrogen-bond acceptors (Lipinski definition) is 9. The number of aliphatic imine (C=N–C) groups is 1. The third kappa shape index (κ3) is 6.94. The van der Waals surface area contributed by atoms with Crippen molar-refractivity contribution in [3.8, 4) is 22.4 Å². The van der Waals surface area contributed by atoms with Crippen molar-refractivity contribution >= 4 is 17.6 Å². The summed E-state index contributed by atoms with van der Waals surface area (Å²) in [7, 11) is 0. The number of rotatable bonds is 11. The maximum atomic E-state index is 13.6. The number of imidazole rings is 1. The second-order valence-electron chi connectivity index (χ2n) is 14.6. The molecule has 3 fully saturated rings. The molecule has 7 rings (SSSR count). The maximum Gasteiger partial charge on any atom is 0.240 e. The van der Waals surface area contributed by atoms with E-state index in [-0.39, 0.29) is 54.6 Å². The Morgan fingerprint density at radius 1 is 0.860 bits per heavy atom. The van der Waals surface area contributed by atoms with Crippen molar-refractivity contribution in [3.63, 3.8) is 0 Å². The molecule has 50 heavy (non-hydrogen) atoms. The highest BCUT2D eigenvalue weighted by molar-refractivity contribution is 5.94. The molecular formula is C38H50N8O4. The number of carbonyl (C=O) groups excluding carboxylic acids is 2. The van der Waals surface area contributed by atoms with Crippen molar-refractivity contribution in [2.75, 3.05) is 26.4 Å². The molecule has 266 valence electrons. The van der Waals surface area contributed by atoms with Crippen LogP contribution >= 0.6 is 0 Å². The fraction of sp³-hybridized carbons (Fsp3) is 0.526. The third-order valence-electron chi connectivity index (χ3n) is 10.6. The SMILES string of the molecule is CC(C)[C@H](N)C(=O)N1CCC[C@H]1c1ncc(-c2ccc(-c3ccc(C4CN=C([C@@H]5CCCN5C(=O)[C@@H](NC5OCO5)C(C)C)N4)cc3)cc2)[nH]1. The summed E-state index contributed by atoms with van der Waals surface area (Å²) in [5.41, 5.74) is 11.6. The molecule has 4 aliphatic heterocycles. The van der Waals surface area contributed by atoms with Gasteiger partial charge < -0.3 is 35.3 Å². The van der Waals surface area contributed by atoms with Crippen molar-refractivity contribution in [2.45, 2.75) is 90.0 Å². The maximum absolute atomic E-state index is 13.6. The first-order chi connectivity index (χ1) is 24.2. The number of nitrogens with two attached hydrogens (primary N) is 1. The summed E-state index contributed by atoms with van der Waals surface area (Å²) in [6, 6.07) is 16.2. The number of amidine groups is 1. The van der Waals surface area contributed by atoms with Crippen LogP contribution in [0.1, 0.15) is 76.8 Å². The number of nitrogens with zero attached hydrogens (tertiary/aromatic N) is 4. The minimum atomic E-state index is -0.522. The van der Waals surface area contributed by atoms with Crippen LogP contribution < -0.4 is 16.4 Å². The van der Waals surface area contributed by atoms with E-state index in [1.54, 1.807) is 0 Å². The number of amides is 2. The van der Waals surface area contributed by atoms with Gasteiger partial charge in [-0.15, -0.1) is 0 Å². The van der Waals surface area contributed by atoms with Gasteiger partial charge in [-0.3, -0.25) is 19.9 Å². The van der Waals surface area contributed by atoms with Crippen molar-refractivity contribution < 1.29 is 19.1 Å². The minimum absolute atomic E-state index is 0.000750. The first-order valence-electron chi connectivity index (χ1n) is 18.1. The van der Waals surface area contributed by atoms with Crippen molar-refractivity contribution in [2.24, 2.45) is 22.6 Å². The quantitative estimate of drug-likeness (QED) is 0.234. The van der Waals surface area contributed by atoms with Crippen molar-refractivity contribution in [1.82, 2.24) is 30.4 Å². The van der Waals surface area contributed by atoms with Crippen LogP contribution in [0.3, 0.4) is 0 Å². The molecule has 1 aromatic heterocycles. The normalized spacial score (nSPS) is 23.7. The Morgan fingerprint density at radius 2 is 1.48 bits per heavy atom. The smallest absolute Gasteiger partial charge is 0.240 e. The van der Waals surface area contributed by atoms with Crippen LogP contribution in [-0.4, -0.2) is 88.4 Å². The lowest BCUT2D eigenvalue weighted by Crippen LogP contribution is -2.58. The molecule has 0 saturated carbocycles. The first-order valence-corrected chi connectivity index (χ1v) is 18.1. The van der Waals surface area contributed by atoms with Crippen LogP contribution in [-0.2, 0) is 19.1 Å². The fourth-order valence-corrected chi connectivity index (χ4v) is 7.47. The number of aromatic amines is 1. The van der Waals surface area contributed by atoms with E-state index >= 15 is 0 Å². The zero-order valence-corrected chi connectivity index (χ0v) is 29.5. The van der Waals surface area contributed by atoms with E-state index in [4.69, 9.17) is 20.2 Å². The van der Waals surface area contributed by atoms with Gasteiger partial charge in [0, 0.05) is 13.1 Å². The van der Waals surface area contributed by atoms with Crippen molar-refractivity contribution in [1.29, 1.82) is 0 Å². The predicted octanol–water partition coefficient (Wildman–Crippen LogP) is 4.33. The van der Waals surface area contributed by atoms with Crippen molar-refractivity contribution in [3.05, 3.63) is 66.1 Å². The summed E-state index contributed by atoms with van der Waals surface area (Å²) in [4.78, 5) is 43.5. The molecule has 3 saturated heterocycles. The molecule has 2 amide bonds. The van der Waals surface area contributed by atoms with Crippen LogP contribution in [0.4, 0.5) is 0 Å². The summed E-state index contributed by atoms with van der Waals surface area (Å²) in [6.07, 6.45) is 5.00. The lowest BCUT2D eigenvalue weighted by molar-refractivity contribution is -0.335. The molecule has 3 aromatic rings. The summed E-state index contributed by atoms with van der Waals surface area (Å²) in [5, 5.41) is 6.85. The lowest BCUT2D eigenvalue weighted by Gasteiger charge is -2.35. The Kier molecular flexibility index (Phi) is 10.1. The Labute approximate surface area is 294 Å². The molecule has 2 aromatic carbocycles. The number of H-pyrrole nitrogens is 1. The topological polar surface area (TPSA) is 150 Å². The highest BCUT2D eigenvalue weighted by Gasteiger charge is 2.40. The van der Waals surface area contributed by atoms with E-state index in [1.807, 2.05) is 43.7 Å². The van der Waals surface area contributed by atoms with Gasteiger partial charge in [-0.1, -0.05) is 76.2 Å². The van der Waals surface area contributed by atoms with Crippen LogP contribution in [0.15, 0.2) is 59.7 Å². The van der Waals surface area contributed by atoms with E-state index < -0.39 is 12.5 Å². The molecule has 4 aliphatic rings. The Balaban J connectivity index is 0.962. The molecule has 5 atom stereocenters. The highest BCUT2D eigenvalue weighted by atomic mass is 16.9. The molecule has 0 bridgehead atoms. The van der Waals surface area contributed by atoms with Crippen LogP contribution in [0, 0.1) is 11.8 Å². The molecule has 5 heterocycles. The molecular weight excluding hydrogens is 632 g/mol. The van der Waals surface area contributed by atoms with Gasteiger partial charge in [0.2, 0.25) is 18.2 Å². The first kappa shape index (κ1) is 34.4. The van der Waals surface area contributed by atoms with E-state index in [2.05, 4.69) is 69.1 Å². The number of nitrogens with one attached hydrogen (secondary N) is 3. The Hall–Kier alpha value is -4.10. The van der Waals surface area contributed by atoms with Gasteiger partial charge in [0.25, 0.3) is 0 Å². The molecule has 0 spiro atoms. The van der Waals surface area contributed by atoms with Gasteiger partial charge >= 0.3 is 0 Å². The lowest BCUT2D eigenvalue weighted by atomic mass is 9.99. The number of hydrogen-bond donors (Lipinski definition) is 4. The van der Waals surface area contributed by atoms with E-state index in [1.165, 1.54) is 5.56 Å². The summed E-state index contributed by atoms with van der Waals surface area (Å²) >= 11 is 0. The van der Waals surface area contributed by atoms with Gasteiger partial charge in [0.05, 0.1) is 48.6 Å². The monoisotopic (exact) mass is 682 g/mol. The molecule has 1 unspecified atom stereocenters. The summed E-state index contributed by atoms with van der Waals surface area (Å²) < 4.78 is 10.7. The summed E-state index contributed by atoms with van der Waals surface area (Å²) in [6.45, 7) is 10.4. The van der Waals surface area contributed by atoms with E-state index in [0.717, 1.165) is 66.3 Å². The number of carbonyl (C=O) groups is 2. The molecule has 0 radical (unpaired) electrons. The predicted molar refractivity (Wildman–Crippen MR) is 191 cm³/mol. The fourth-order valence-electron chi connectivity index (χ4n) is 7.47. The van der Waals surface area contributed by atoms with Crippen LogP contribution in [0.2, 0.25) is 0 Å². The van der Waals surface area contributed by atoms with Gasteiger partial charge in [-0.2, -0.15) is 0 Å². The average molecular weight is 683 g/mol. The standard InChI is InChI=1S/C38H50N8O4/c1-22(2)32(39)36(47)45-17-5-7-30(45)34-40-19-28(42-34)26-13-9-24(10-14-26)25-11-15-27(16-12-25)29-20-41-35(43-29)31-8-6-18-46(31)37(48)33(23(3)4)44-38-49-21-50-38/h9-16,19,22-23,29-33,38,44H,5-8,17-18,20-21,39H2,1-4H3,(H,40,42)(H,41,43)/t29?,30-,31-,32-,33-/m0/s1. The molecule has 12 heteroatoms. The van der Waals surface area contributed by atoms with Crippen LogP contribution in [0.25, 0.3) is 22.4 Å². The largest absolute Gasteiger partial charge is 0.363 e.